The molecule has 0 saturated carbocycles. The van der Waals surface area contributed by atoms with Gasteiger partial charge in [-0.1, -0.05) is 0 Å². The van der Waals surface area contributed by atoms with Crippen LogP contribution in [0.25, 0.3) is 0 Å². The second-order valence-electron chi connectivity index (χ2n) is 6.22. The smallest absolute Gasteiger partial charge is 0.410 e. The number of rotatable bonds is 4. The summed E-state index contributed by atoms with van der Waals surface area (Å²) in [4.78, 5) is 27.3. The van der Waals surface area contributed by atoms with Gasteiger partial charge in [-0.25, -0.2) is 4.79 Å². The molecule has 1 heterocycles. The summed E-state index contributed by atoms with van der Waals surface area (Å²) in [7, 11) is 0. The molecular weight excluding hydrogens is 272 g/mol. The Morgan fingerprint density at radius 1 is 1.10 bits per heavy atom. The highest BCUT2D eigenvalue weighted by Gasteiger charge is 2.24. The van der Waals surface area contributed by atoms with E-state index in [2.05, 4.69) is 4.90 Å². The van der Waals surface area contributed by atoms with E-state index in [0.717, 1.165) is 19.5 Å². The predicted octanol–water partition coefficient (Wildman–Crippen LogP) is 1.88. The lowest BCUT2D eigenvalue weighted by Crippen LogP contribution is -2.39. The van der Waals surface area contributed by atoms with E-state index in [-0.39, 0.29) is 12.1 Å². The van der Waals surface area contributed by atoms with Gasteiger partial charge in [0.05, 0.1) is 13.0 Å². The molecule has 122 valence electrons. The Bertz CT molecular complexity index is 352. The molecule has 1 fully saturated rings. The van der Waals surface area contributed by atoms with Crippen molar-refractivity contribution in [1.29, 1.82) is 0 Å². The van der Waals surface area contributed by atoms with Gasteiger partial charge < -0.3 is 19.3 Å². The number of hydrogen-bond donors (Lipinski definition) is 0. The maximum atomic E-state index is 12.0. The third-order valence-corrected chi connectivity index (χ3v) is 3.18. The van der Waals surface area contributed by atoms with Gasteiger partial charge in [0.1, 0.15) is 5.60 Å². The van der Waals surface area contributed by atoms with Gasteiger partial charge in [0.25, 0.3) is 0 Å². The standard InChI is InChI=1S/C15H28N2O4/c1-5-20-13(18)7-10-16-8-6-9-17(12-11-16)14(19)21-15(2,3)4/h5-12H2,1-4H3. The average molecular weight is 300 g/mol. The zero-order valence-electron chi connectivity index (χ0n) is 13.7. The fourth-order valence-electron chi connectivity index (χ4n) is 2.19. The number of nitrogens with zero attached hydrogens (tertiary/aromatic N) is 2. The van der Waals surface area contributed by atoms with Crippen LogP contribution < -0.4 is 0 Å². The lowest BCUT2D eigenvalue weighted by atomic mass is 10.2. The summed E-state index contributed by atoms with van der Waals surface area (Å²) in [5.74, 6) is -0.161. The second kappa shape index (κ2) is 8.22. The van der Waals surface area contributed by atoms with Crippen molar-refractivity contribution in [1.82, 2.24) is 9.80 Å². The fraction of sp³-hybridized carbons (Fsp3) is 0.867. The zero-order valence-corrected chi connectivity index (χ0v) is 13.7. The van der Waals surface area contributed by atoms with Gasteiger partial charge in [-0.3, -0.25) is 4.79 Å². The summed E-state index contributed by atoms with van der Waals surface area (Å²) >= 11 is 0. The molecule has 6 nitrogen and oxygen atoms in total. The molecule has 0 atom stereocenters. The first kappa shape index (κ1) is 17.8. The molecule has 0 bridgehead atoms. The predicted molar refractivity (Wildman–Crippen MR) is 80.1 cm³/mol. The van der Waals surface area contributed by atoms with Crippen molar-refractivity contribution >= 4 is 12.1 Å². The Balaban J connectivity index is 2.36. The summed E-state index contributed by atoms with van der Waals surface area (Å²) in [5.41, 5.74) is -0.465. The van der Waals surface area contributed by atoms with Gasteiger partial charge in [-0.2, -0.15) is 0 Å². The van der Waals surface area contributed by atoms with Crippen molar-refractivity contribution in [2.45, 2.75) is 46.1 Å². The second-order valence-corrected chi connectivity index (χ2v) is 6.22. The number of esters is 1. The van der Waals surface area contributed by atoms with Crippen LogP contribution in [0.3, 0.4) is 0 Å². The molecule has 0 spiro atoms. The maximum Gasteiger partial charge on any atom is 0.410 e. The van der Waals surface area contributed by atoms with Gasteiger partial charge in [0.15, 0.2) is 0 Å². The molecule has 1 rings (SSSR count). The Morgan fingerprint density at radius 3 is 2.43 bits per heavy atom. The van der Waals surface area contributed by atoms with Crippen LogP contribution in [0.2, 0.25) is 0 Å². The topological polar surface area (TPSA) is 59.1 Å². The van der Waals surface area contributed by atoms with Crippen LogP contribution >= 0.6 is 0 Å². The fourth-order valence-corrected chi connectivity index (χ4v) is 2.19. The largest absolute Gasteiger partial charge is 0.466 e. The summed E-state index contributed by atoms with van der Waals surface area (Å²) in [5, 5.41) is 0. The first-order chi connectivity index (χ1) is 9.81. The number of ether oxygens (including phenoxy) is 2. The Labute approximate surface area is 127 Å². The lowest BCUT2D eigenvalue weighted by molar-refractivity contribution is -0.143. The summed E-state index contributed by atoms with van der Waals surface area (Å²) in [6.07, 6.45) is 1.04. The van der Waals surface area contributed by atoms with E-state index in [1.807, 2.05) is 27.7 Å². The van der Waals surface area contributed by atoms with Crippen LogP contribution in [0.1, 0.15) is 40.5 Å². The van der Waals surface area contributed by atoms with Crippen molar-refractivity contribution in [2.75, 3.05) is 39.3 Å². The van der Waals surface area contributed by atoms with Crippen LogP contribution in [0.5, 0.6) is 0 Å². The molecule has 6 heteroatoms. The first-order valence-electron chi connectivity index (χ1n) is 7.67. The summed E-state index contributed by atoms with van der Waals surface area (Å²) < 4.78 is 10.3. The number of amides is 1. The van der Waals surface area contributed by atoms with Crippen molar-refractivity contribution in [2.24, 2.45) is 0 Å². The first-order valence-corrected chi connectivity index (χ1v) is 7.67. The molecule has 1 aliphatic rings. The van der Waals surface area contributed by atoms with E-state index in [1.165, 1.54) is 0 Å². The molecule has 21 heavy (non-hydrogen) atoms. The highest BCUT2D eigenvalue weighted by molar-refractivity contribution is 5.69. The van der Waals surface area contributed by atoms with Crippen LogP contribution in [0.15, 0.2) is 0 Å². The van der Waals surface area contributed by atoms with Crippen LogP contribution in [0, 0.1) is 0 Å². The van der Waals surface area contributed by atoms with E-state index in [1.54, 1.807) is 4.90 Å². The van der Waals surface area contributed by atoms with Crippen molar-refractivity contribution in [3.05, 3.63) is 0 Å². The molecule has 0 aromatic carbocycles. The molecule has 1 amide bonds. The van der Waals surface area contributed by atoms with E-state index < -0.39 is 5.60 Å². The average Bonchev–Trinajstić information content (AvgIpc) is 2.60. The maximum absolute atomic E-state index is 12.0. The van der Waals surface area contributed by atoms with Crippen molar-refractivity contribution in [3.8, 4) is 0 Å². The van der Waals surface area contributed by atoms with Gasteiger partial charge in [0, 0.05) is 26.2 Å². The lowest BCUT2D eigenvalue weighted by Gasteiger charge is -2.26. The van der Waals surface area contributed by atoms with Crippen molar-refractivity contribution in [3.63, 3.8) is 0 Å². The molecule has 0 radical (unpaired) electrons. The molecule has 0 aliphatic carbocycles. The highest BCUT2D eigenvalue weighted by Crippen LogP contribution is 2.12. The van der Waals surface area contributed by atoms with Crippen LogP contribution in [-0.4, -0.2) is 66.8 Å². The summed E-state index contributed by atoms with van der Waals surface area (Å²) in [6.45, 7) is 11.5. The van der Waals surface area contributed by atoms with Gasteiger partial charge >= 0.3 is 12.1 Å². The number of hydrogen-bond acceptors (Lipinski definition) is 5. The van der Waals surface area contributed by atoms with Gasteiger partial charge in [-0.15, -0.1) is 0 Å². The quantitative estimate of drug-likeness (QED) is 0.742. The normalized spacial score (nSPS) is 17.2. The summed E-state index contributed by atoms with van der Waals surface area (Å²) in [6, 6.07) is 0. The number of carbonyl (C=O) groups is 2. The van der Waals surface area contributed by atoms with E-state index in [9.17, 15) is 9.59 Å². The van der Waals surface area contributed by atoms with Crippen molar-refractivity contribution < 1.29 is 19.1 Å². The molecule has 0 N–H and O–H groups in total. The monoisotopic (exact) mass is 300 g/mol. The molecule has 0 aromatic rings. The van der Waals surface area contributed by atoms with Crippen LogP contribution in [0.4, 0.5) is 4.79 Å². The Hall–Kier alpha value is -1.30. The van der Waals surface area contributed by atoms with Gasteiger partial charge in [-0.05, 0) is 40.7 Å². The Morgan fingerprint density at radius 2 is 1.81 bits per heavy atom. The SMILES string of the molecule is CCOC(=O)CCN1CCCN(C(=O)OC(C)(C)C)CC1. The molecule has 1 saturated heterocycles. The minimum absolute atomic E-state index is 0.161. The van der Waals surface area contributed by atoms with E-state index >= 15 is 0 Å². The number of carbonyl (C=O) groups excluding carboxylic acids is 2. The van der Waals surface area contributed by atoms with E-state index in [0.29, 0.717) is 32.7 Å². The third-order valence-electron chi connectivity index (χ3n) is 3.18. The minimum Gasteiger partial charge on any atom is -0.466 e. The van der Waals surface area contributed by atoms with Crippen LogP contribution in [-0.2, 0) is 14.3 Å². The molecule has 0 unspecified atom stereocenters. The minimum atomic E-state index is -0.465. The Kier molecular flexibility index (Phi) is 6.95. The van der Waals surface area contributed by atoms with E-state index in [4.69, 9.17) is 9.47 Å². The highest BCUT2D eigenvalue weighted by atomic mass is 16.6. The van der Waals surface area contributed by atoms with Gasteiger partial charge in [0.2, 0.25) is 0 Å². The zero-order chi connectivity index (χ0) is 15.9. The molecular formula is C15H28N2O4. The molecule has 1 aliphatic heterocycles. The molecule has 0 aromatic heterocycles. The third kappa shape index (κ3) is 7.32.